The van der Waals surface area contributed by atoms with Crippen molar-refractivity contribution in [1.29, 1.82) is 0 Å². The number of halogens is 1. The van der Waals surface area contributed by atoms with Crippen molar-refractivity contribution in [2.75, 3.05) is 70.9 Å². The highest BCUT2D eigenvalue weighted by Crippen LogP contribution is 2.11. The summed E-state index contributed by atoms with van der Waals surface area (Å²) >= 11 is 0. The molecular weight excluding hydrogens is 537 g/mol. The summed E-state index contributed by atoms with van der Waals surface area (Å²) in [6.45, 7) is 7.90. The van der Waals surface area contributed by atoms with Crippen molar-refractivity contribution in [3.63, 3.8) is 0 Å². The fourth-order valence-electron chi connectivity index (χ4n) is 4.05. The number of carbonyl (C=O) groups is 1. The van der Waals surface area contributed by atoms with E-state index in [9.17, 15) is 4.79 Å². The van der Waals surface area contributed by atoms with Gasteiger partial charge < -0.3 is 24.5 Å². The van der Waals surface area contributed by atoms with Crippen molar-refractivity contribution >= 4 is 41.8 Å². The summed E-state index contributed by atoms with van der Waals surface area (Å²) in [5.74, 6) is 1.75. The predicted molar refractivity (Wildman–Crippen MR) is 136 cm³/mol. The van der Waals surface area contributed by atoms with E-state index in [0.29, 0.717) is 26.1 Å². The molecule has 0 saturated carbocycles. The maximum atomic E-state index is 12.6. The SMILES string of the molecule is CN=C(NCCC(=O)N1CCN(c2ncccn2)CC1)N1CCN(Cc2ccon2)CC1.I. The van der Waals surface area contributed by atoms with E-state index in [1.54, 1.807) is 25.7 Å². The molecule has 0 atom stereocenters. The Bertz CT molecular complexity index is 865. The standard InChI is InChI=1S/C21H31N9O2.HI/c1-22-20(29-10-8-27(9-11-29)17-18-4-16-32-26-18)25-7-3-19(31)28-12-14-30(15-13-28)21-23-5-2-6-24-21;/h2,4-6,16H,3,7-15,17H2,1H3,(H,22,25);1H. The summed E-state index contributed by atoms with van der Waals surface area (Å²) in [6.07, 6.45) is 5.55. The van der Waals surface area contributed by atoms with Gasteiger partial charge in [-0.2, -0.15) is 0 Å². The van der Waals surface area contributed by atoms with Crippen LogP contribution >= 0.6 is 24.0 Å². The molecule has 0 aliphatic carbocycles. The lowest BCUT2D eigenvalue weighted by atomic mass is 10.2. The number of nitrogens with zero attached hydrogens (tertiary/aromatic N) is 8. The van der Waals surface area contributed by atoms with Gasteiger partial charge in [0.15, 0.2) is 5.96 Å². The zero-order valence-corrected chi connectivity index (χ0v) is 21.3. The maximum Gasteiger partial charge on any atom is 0.225 e. The third-order valence-electron chi connectivity index (χ3n) is 5.85. The maximum absolute atomic E-state index is 12.6. The molecule has 2 aromatic rings. The number of piperazine rings is 2. The van der Waals surface area contributed by atoms with Crippen LogP contribution in [0.3, 0.4) is 0 Å². The number of carbonyl (C=O) groups excluding carboxylic acids is 1. The van der Waals surface area contributed by atoms with Crippen LogP contribution in [-0.2, 0) is 11.3 Å². The van der Waals surface area contributed by atoms with Crippen LogP contribution in [-0.4, -0.2) is 108 Å². The first-order chi connectivity index (χ1) is 15.7. The molecule has 1 N–H and O–H groups in total. The van der Waals surface area contributed by atoms with Crippen molar-refractivity contribution in [3.8, 4) is 0 Å². The van der Waals surface area contributed by atoms with Crippen LogP contribution in [0.15, 0.2) is 40.3 Å². The number of amides is 1. The first kappa shape index (κ1) is 25.1. The summed E-state index contributed by atoms with van der Waals surface area (Å²) in [5.41, 5.74) is 0.955. The summed E-state index contributed by atoms with van der Waals surface area (Å²) < 4.78 is 4.91. The zero-order valence-electron chi connectivity index (χ0n) is 19.0. The van der Waals surface area contributed by atoms with Gasteiger partial charge >= 0.3 is 0 Å². The quantitative estimate of drug-likeness (QED) is 0.303. The molecule has 0 radical (unpaired) electrons. The van der Waals surface area contributed by atoms with Gasteiger partial charge in [0.2, 0.25) is 11.9 Å². The Kier molecular flexibility index (Phi) is 9.66. The van der Waals surface area contributed by atoms with E-state index in [2.05, 4.69) is 40.1 Å². The smallest absolute Gasteiger partial charge is 0.225 e. The Hall–Kier alpha value is -2.48. The average molecular weight is 569 g/mol. The summed E-state index contributed by atoms with van der Waals surface area (Å²) in [7, 11) is 1.79. The van der Waals surface area contributed by atoms with Crippen LogP contribution in [0.5, 0.6) is 0 Å². The van der Waals surface area contributed by atoms with Crippen LogP contribution < -0.4 is 10.2 Å². The molecule has 180 valence electrons. The van der Waals surface area contributed by atoms with Gasteiger partial charge in [-0.3, -0.25) is 14.7 Å². The van der Waals surface area contributed by atoms with Gasteiger partial charge in [0.1, 0.15) is 6.26 Å². The highest BCUT2D eigenvalue weighted by molar-refractivity contribution is 14.0. The molecule has 11 nitrogen and oxygen atoms in total. The molecule has 1 amide bonds. The topological polar surface area (TPSA) is 106 Å². The first-order valence-corrected chi connectivity index (χ1v) is 11.1. The first-order valence-electron chi connectivity index (χ1n) is 11.1. The molecule has 12 heteroatoms. The fraction of sp³-hybridized carbons (Fsp3) is 0.571. The monoisotopic (exact) mass is 569 g/mol. The van der Waals surface area contributed by atoms with Gasteiger partial charge in [-0.05, 0) is 6.07 Å². The minimum atomic E-state index is 0. The van der Waals surface area contributed by atoms with Crippen LogP contribution in [0, 0.1) is 0 Å². The van der Waals surface area contributed by atoms with Crippen molar-refractivity contribution in [2.45, 2.75) is 13.0 Å². The minimum absolute atomic E-state index is 0. The van der Waals surface area contributed by atoms with E-state index in [1.165, 1.54) is 0 Å². The lowest BCUT2D eigenvalue weighted by molar-refractivity contribution is -0.131. The fourth-order valence-corrected chi connectivity index (χ4v) is 4.05. The van der Waals surface area contributed by atoms with Crippen LogP contribution in [0.2, 0.25) is 0 Å². The molecule has 4 heterocycles. The zero-order chi connectivity index (χ0) is 22.2. The molecule has 2 aromatic heterocycles. The van der Waals surface area contributed by atoms with Crippen LogP contribution in [0.1, 0.15) is 12.1 Å². The largest absolute Gasteiger partial charge is 0.364 e. The Balaban J connectivity index is 0.00000306. The Morgan fingerprint density at radius 2 is 1.76 bits per heavy atom. The van der Waals surface area contributed by atoms with Gasteiger partial charge in [-0.15, -0.1) is 24.0 Å². The number of aliphatic imine (C=N–C) groups is 1. The molecule has 2 saturated heterocycles. The minimum Gasteiger partial charge on any atom is -0.364 e. The van der Waals surface area contributed by atoms with Gasteiger partial charge in [0.05, 0.1) is 5.69 Å². The molecule has 0 spiro atoms. The average Bonchev–Trinajstić information content (AvgIpc) is 3.36. The van der Waals surface area contributed by atoms with E-state index in [1.807, 2.05) is 17.0 Å². The number of rotatable bonds is 6. The Morgan fingerprint density at radius 3 is 2.39 bits per heavy atom. The lowest BCUT2D eigenvalue weighted by Gasteiger charge is -2.36. The number of guanidine groups is 1. The Morgan fingerprint density at radius 1 is 1.06 bits per heavy atom. The molecule has 0 unspecified atom stereocenters. The second kappa shape index (κ2) is 12.7. The number of aromatic nitrogens is 3. The number of hydrogen-bond donors (Lipinski definition) is 1. The van der Waals surface area contributed by atoms with Gasteiger partial charge in [-0.25, -0.2) is 9.97 Å². The van der Waals surface area contributed by atoms with E-state index in [4.69, 9.17) is 4.52 Å². The highest BCUT2D eigenvalue weighted by Gasteiger charge is 2.23. The van der Waals surface area contributed by atoms with Crippen molar-refractivity contribution in [1.82, 2.24) is 35.1 Å². The molecule has 4 rings (SSSR count). The summed E-state index contributed by atoms with van der Waals surface area (Å²) in [5, 5.41) is 7.34. The molecule has 33 heavy (non-hydrogen) atoms. The third-order valence-corrected chi connectivity index (χ3v) is 5.85. The molecule has 2 aliphatic heterocycles. The molecule has 2 aliphatic rings. The van der Waals surface area contributed by atoms with E-state index < -0.39 is 0 Å². The second-order valence-electron chi connectivity index (χ2n) is 7.89. The lowest BCUT2D eigenvalue weighted by Crippen LogP contribution is -2.53. The van der Waals surface area contributed by atoms with E-state index in [-0.39, 0.29) is 29.9 Å². The number of anilines is 1. The van der Waals surface area contributed by atoms with Gasteiger partial charge in [-0.1, -0.05) is 5.16 Å². The second-order valence-corrected chi connectivity index (χ2v) is 7.89. The van der Waals surface area contributed by atoms with Crippen molar-refractivity contribution < 1.29 is 9.32 Å². The van der Waals surface area contributed by atoms with E-state index >= 15 is 0 Å². The van der Waals surface area contributed by atoms with Gasteiger partial charge in [0, 0.05) is 97.4 Å². The van der Waals surface area contributed by atoms with E-state index in [0.717, 1.165) is 63.4 Å². The number of hydrogen-bond acceptors (Lipinski definition) is 8. The normalized spacial score (nSPS) is 17.6. The summed E-state index contributed by atoms with van der Waals surface area (Å²) in [4.78, 5) is 34.3. The third kappa shape index (κ3) is 7.00. The summed E-state index contributed by atoms with van der Waals surface area (Å²) in [6, 6.07) is 3.71. The molecule has 0 aromatic carbocycles. The Labute approximate surface area is 211 Å². The van der Waals surface area contributed by atoms with Crippen LogP contribution in [0.4, 0.5) is 5.95 Å². The van der Waals surface area contributed by atoms with Crippen LogP contribution in [0.25, 0.3) is 0 Å². The highest BCUT2D eigenvalue weighted by atomic mass is 127. The van der Waals surface area contributed by atoms with Gasteiger partial charge in [0.25, 0.3) is 0 Å². The predicted octanol–water partition coefficient (Wildman–Crippen LogP) is 0.515. The number of nitrogens with one attached hydrogen (secondary N) is 1. The molecule has 2 fully saturated rings. The van der Waals surface area contributed by atoms with Crippen molar-refractivity contribution in [3.05, 3.63) is 36.5 Å². The molecular formula is C21H32IN9O2. The van der Waals surface area contributed by atoms with Crippen molar-refractivity contribution in [2.24, 2.45) is 4.99 Å². The molecule has 0 bridgehead atoms.